The number of quaternary nitrogens is 1. The lowest BCUT2D eigenvalue weighted by Gasteiger charge is -2.47. The van der Waals surface area contributed by atoms with Crippen LogP contribution in [-0.2, 0) is 4.79 Å². The van der Waals surface area contributed by atoms with Crippen LogP contribution in [0.25, 0.3) is 0 Å². The maximum Gasteiger partial charge on any atom is 0.235 e. The molecule has 0 radical (unpaired) electrons. The fraction of sp³-hybridized carbons (Fsp3) is 0.909. The number of aliphatic imine (C=N–C) groups is 1. The summed E-state index contributed by atoms with van der Waals surface area (Å²) in [5, 5.41) is 0. The molecule has 0 saturated heterocycles. The van der Waals surface area contributed by atoms with Crippen LogP contribution >= 0.6 is 0 Å². The van der Waals surface area contributed by atoms with Gasteiger partial charge in [-0.05, 0) is 19.8 Å². The summed E-state index contributed by atoms with van der Waals surface area (Å²) in [5.74, 6) is 0. The second-order valence-electron chi connectivity index (χ2n) is 5.48. The van der Waals surface area contributed by atoms with Crippen molar-refractivity contribution in [2.45, 2.75) is 44.2 Å². The van der Waals surface area contributed by atoms with Gasteiger partial charge in [0.15, 0.2) is 0 Å². The molecule has 1 saturated carbocycles. The molecule has 0 N–H and O–H groups in total. The van der Waals surface area contributed by atoms with Crippen LogP contribution in [0, 0.1) is 0 Å². The van der Waals surface area contributed by atoms with E-state index < -0.39 is 0 Å². The van der Waals surface area contributed by atoms with E-state index in [2.05, 4.69) is 33.1 Å². The van der Waals surface area contributed by atoms with Crippen molar-refractivity contribution in [3.63, 3.8) is 0 Å². The Morgan fingerprint density at radius 2 is 2.07 bits per heavy atom. The number of isocyanates is 1. The molecule has 0 spiro atoms. The monoisotopic (exact) mass is 197 g/mol. The highest BCUT2D eigenvalue weighted by Gasteiger charge is 2.42. The first kappa shape index (κ1) is 11.4. The SMILES string of the molecule is CC1([N+](C)(C)C)CCCC(N=C=O)C1. The van der Waals surface area contributed by atoms with E-state index >= 15 is 0 Å². The molecule has 2 atom stereocenters. The molecule has 0 aromatic heterocycles. The summed E-state index contributed by atoms with van der Waals surface area (Å²) in [7, 11) is 6.65. The van der Waals surface area contributed by atoms with Gasteiger partial charge in [-0.15, -0.1) is 0 Å². The summed E-state index contributed by atoms with van der Waals surface area (Å²) in [6, 6.07) is 0.198. The van der Waals surface area contributed by atoms with Gasteiger partial charge in [-0.1, -0.05) is 0 Å². The van der Waals surface area contributed by atoms with Crippen LogP contribution < -0.4 is 0 Å². The molecule has 2 unspecified atom stereocenters. The molecule has 0 aliphatic heterocycles. The van der Waals surface area contributed by atoms with E-state index in [1.54, 1.807) is 6.08 Å². The van der Waals surface area contributed by atoms with Crippen molar-refractivity contribution < 1.29 is 9.28 Å². The number of rotatable bonds is 2. The third-order valence-electron chi connectivity index (χ3n) is 3.78. The Balaban J connectivity index is 2.77. The van der Waals surface area contributed by atoms with Gasteiger partial charge < -0.3 is 4.48 Å². The molecule has 80 valence electrons. The summed E-state index contributed by atoms with van der Waals surface area (Å²) in [6.45, 7) is 2.29. The minimum absolute atomic E-state index is 0.198. The van der Waals surface area contributed by atoms with Crippen molar-refractivity contribution in [2.75, 3.05) is 21.1 Å². The molecule has 1 fully saturated rings. The predicted octanol–water partition coefficient (Wildman–Crippen LogP) is 1.73. The summed E-state index contributed by atoms with van der Waals surface area (Å²) in [5.41, 5.74) is 0.253. The first-order valence-corrected chi connectivity index (χ1v) is 5.27. The Kier molecular flexibility index (Phi) is 3.13. The Morgan fingerprint density at radius 1 is 1.43 bits per heavy atom. The van der Waals surface area contributed by atoms with E-state index in [1.165, 1.54) is 12.8 Å². The van der Waals surface area contributed by atoms with Gasteiger partial charge in [0, 0.05) is 12.8 Å². The van der Waals surface area contributed by atoms with Crippen molar-refractivity contribution in [3.8, 4) is 0 Å². The molecule has 3 nitrogen and oxygen atoms in total. The largest absolute Gasteiger partial charge is 0.326 e. The second kappa shape index (κ2) is 3.84. The van der Waals surface area contributed by atoms with Gasteiger partial charge in [0.05, 0.1) is 32.7 Å². The molecule has 0 heterocycles. The summed E-state index contributed by atoms with van der Waals surface area (Å²) in [4.78, 5) is 14.1. The molecular formula is C11H21N2O+. The van der Waals surface area contributed by atoms with E-state index in [0.29, 0.717) is 0 Å². The lowest BCUT2D eigenvalue weighted by Crippen LogP contribution is -2.57. The lowest BCUT2D eigenvalue weighted by atomic mass is 9.78. The topological polar surface area (TPSA) is 29.4 Å². The summed E-state index contributed by atoms with van der Waals surface area (Å²) in [6.07, 6.45) is 6.14. The highest BCUT2D eigenvalue weighted by atomic mass is 16.1. The van der Waals surface area contributed by atoms with Crippen LogP contribution in [-0.4, -0.2) is 43.3 Å². The van der Waals surface area contributed by atoms with Gasteiger partial charge in [-0.2, -0.15) is 0 Å². The Labute approximate surface area is 86.4 Å². The normalized spacial score (nSPS) is 33.6. The molecule has 0 amide bonds. The fourth-order valence-corrected chi connectivity index (χ4v) is 2.22. The second-order valence-corrected chi connectivity index (χ2v) is 5.48. The quantitative estimate of drug-likeness (QED) is 0.376. The van der Waals surface area contributed by atoms with Gasteiger partial charge >= 0.3 is 0 Å². The predicted molar refractivity (Wildman–Crippen MR) is 56.8 cm³/mol. The number of hydrogen-bond donors (Lipinski definition) is 0. The molecular weight excluding hydrogens is 176 g/mol. The van der Waals surface area contributed by atoms with E-state index in [-0.39, 0.29) is 11.6 Å². The van der Waals surface area contributed by atoms with Crippen molar-refractivity contribution in [1.82, 2.24) is 0 Å². The average molecular weight is 197 g/mol. The molecule has 0 aromatic carbocycles. The van der Waals surface area contributed by atoms with Crippen LogP contribution in [0.2, 0.25) is 0 Å². The van der Waals surface area contributed by atoms with Gasteiger partial charge in [0.25, 0.3) is 0 Å². The molecule has 0 bridgehead atoms. The Morgan fingerprint density at radius 3 is 2.57 bits per heavy atom. The molecule has 1 rings (SSSR count). The molecule has 1 aliphatic carbocycles. The lowest BCUT2D eigenvalue weighted by molar-refractivity contribution is -0.923. The van der Waals surface area contributed by atoms with E-state index in [0.717, 1.165) is 17.3 Å². The molecule has 14 heavy (non-hydrogen) atoms. The van der Waals surface area contributed by atoms with Gasteiger partial charge in [0.1, 0.15) is 0 Å². The Bertz CT molecular complexity index is 251. The van der Waals surface area contributed by atoms with Crippen LogP contribution in [0.15, 0.2) is 4.99 Å². The fourth-order valence-electron chi connectivity index (χ4n) is 2.22. The van der Waals surface area contributed by atoms with Crippen molar-refractivity contribution in [3.05, 3.63) is 0 Å². The van der Waals surface area contributed by atoms with Crippen LogP contribution in [0.1, 0.15) is 32.6 Å². The average Bonchev–Trinajstić information content (AvgIpc) is 2.03. The maximum absolute atomic E-state index is 10.2. The van der Waals surface area contributed by atoms with Gasteiger partial charge in [0.2, 0.25) is 6.08 Å². The van der Waals surface area contributed by atoms with Gasteiger partial charge in [-0.25, -0.2) is 9.79 Å². The first-order valence-electron chi connectivity index (χ1n) is 5.27. The summed E-state index contributed by atoms with van der Waals surface area (Å²) >= 11 is 0. The third-order valence-corrected chi connectivity index (χ3v) is 3.78. The smallest absolute Gasteiger partial charge is 0.235 e. The van der Waals surface area contributed by atoms with Crippen LogP contribution in [0.5, 0.6) is 0 Å². The summed E-state index contributed by atoms with van der Waals surface area (Å²) < 4.78 is 0.942. The van der Waals surface area contributed by atoms with Crippen molar-refractivity contribution in [1.29, 1.82) is 0 Å². The van der Waals surface area contributed by atoms with Crippen molar-refractivity contribution >= 4 is 6.08 Å². The molecule has 0 aromatic rings. The highest BCUT2D eigenvalue weighted by molar-refractivity contribution is 5.33. The third kappa shape index (κ3) is 2.23. The number of nitrogens with zero attached hydrogens (tertiary/aromatic N) is 2. The standard InChI is InChI=1S/C11H21N2O/c1-11(13(2,3)4)7-5-6-10(8-11)12-9-14/h10H,5-8H2,1-4H3/q+1. The zero-order valence-electron chi connectivity index (χ0n) is 9.71. The highest BCUT2D eigenvalue weighted by Crippen LogP contribution is 2.36. The maximum atomic E-state index is 10.2. The Hall–Kier alpha value is -0.660. The molecule has 3 heteroatoms. The number of hydrogen-bond acceptors (Lipinski definition) is 2. The van der Waals surface area contributed by atoms with Gasteiger partial charge in [-0.3, -0.25) is 0 Å². The zero-order valence-corrected chi connectivity index (χ0v) is 9.71. The van der Waals surface area contributed by atoms with E-state index in [1.807, 2.05) is 0 Å². The van der Waals surface area contributed by atoms with E-state index in [9.17, 15) is 4.79 Å². The number of carbonyl (C=O) groups excluding carboxylic acids is 1. The van der Waals surface area contributed by atoms with Crippen LogP contribution in [0.3, 0.4) is 0 Å². The van der Waals surface area contributed by atoms with E-state index in [4.69, 9.17) is 0 Å². The van der Waals surface area contributed by atoms with Crippen molar-refractivity contribution in [2.24, 2.45) is 4.99 Å². The zero-order chi connectivity index (χ0) is 10.8. The minimum atomic E-state index is 0.198. The first-order chi connectivity index (χ1) is 6.39. The molecule has 1 aliphatic rings. The van der Waals surface area contributed by atoms with Crippen LogP contribution in [0.4, 0.5) is 0 Å². The minimum Gasteiger partial charge on any atom is -0.326 e.